The minimum absolute atomic E-state index is 0.0815. The number of amides is 1. The van der Waals surface area contributed by atoms with Gasteiger partial charge in [0.1, 0.15) is 0 Å². The summed E-state index contributed by atoms with van der Waals surface area (Å²) in [5.74, 6) is 0.219. The number of rotatable bonds is 4. The van der Waals surface area contributed by atoms with Crippen molar-refractivity contribution in [3.05, 3.63) is 29.8 Å². The second kappa shape index (κ2) is 7.87. The number of nitrogens with zero attached hydrogens (tertiary/aromatic N) is 1. The summed E-state index contributed by atoms with van der Waals surface area (Å²) < 4.78 is 27.4. The standard InChI is InChI=1S/C19H28N2O3S/c1-15-8-5-6-12-18(15)25(23,24)21-13-7-11-17(14-21)20-19(22)16-9-3-2-4-10-16/h5-6,8,12,16-17H,2-4,7,9-11,13-14H2,1H3,(H,20,22)/t17-/m0/s1. The molecule has 138 valence electrons. The summed E-state index contributed by atoms with van der Waals surface area (Å²) in [6, 6.07) is 7.00. The average Bonchev–Trinajstić information content (AvgIpc) is 2.63. The van der Waals surface area contributed by atoms with Crippen LogP contribution in [0.3, 0.4) is 0 Å². The van der Waals surface area contributed by atoms with E-state index in [1.807, 2.05) is 19.1 Å². The van der Waals surface area contributed by atoms with Gasteiger partial charge >= 0.3 is 0 Å². The highest BCUT2D eigenvalue weighted by molar-refractivity contribution is 7.89. The van der Waals surface area contributed by atoms with Gasteiger partial charge in [0.2, 0.25) is 15.9 Å². The molecule has 3 rings (SSSR count). The molecule has 0 aromatic heterocycles. The largest absolute Gasteiger partial charge is 0.352 e. The first kappa shape index (κ1) is 18.4. The number of benzene rings is 1. The second-order valence-corrected chi connectivity index (χ2v) is 9.22. The van der Waals surface area contributed by atoms with E-state index < -0.39 is 10.0 Å². The fraction of sp³-hybridized carbons (Fsp3) is 0.632. The van der Waals surface area contributed by atoms with Crippen LogP contribution >= 0.6 is 0 Å². The number of aryl methyl sites for hydroxylation is 1. The Morgan fingerprint density at radius 1 is 1.08 bits per heavy atom. The van der Waals surface area contributed by atoms with Gasteiger partial charge in [-0.25, -0.2) is 8.42 Å². The lowest BCUT2D eigenvalue weighted by Crippen LogP contribution is -2.50. The molecule has 5 nitrogen and oxygen atoms in total. The average molecular weight is 365 g/mol. The molecule has 1 aromatic carbocycles. The summed E-state index contributed by atoms with van der Waals surface area (Å²) in [6.45, 7) is 2.71. The zero-order valence-corrected chi connectivity index (χ0v) is 15.7. The van der Waals surface area contributed by atoms with E-state index in [-0.39, 0.29) is 17.9 Å². The van der Waals surface area contributed by atoms with Crippen molar-refractivity contribution in [3.63, 3.8) is 0 Å². The van der Waals surface area contributed by atoms with Crippen LogP contribution in [0.25, 0.3) is 0 Å². The van der Waals surface area contributed by atoms with E-state index in [1.165, 1.54) is 10.7 Å². The molecular weight excluding hydrogens is 336 g/mol. The minimum Gasteiger partial charge on any atom is -0.352 e. The van der Waals surface area contributed by atoms with E-state index in [2.05, 4.69) is 5.32 Å². The van der Waals surface area contributed by atoms with E-state index >= 15 is 0 Å². The number of hydrogen-bond acceptors (Lipinski definition) is 3. The summed E-state index contributed by atoms with van der Waals surface area (Å²) in [4.78, 5) is 12.8. The van der Waals surface area contributed by atoms with Crippen LogP contribution in [0.15, 0.2) is 29.2 Å². The van der Waals surface area contributed by atoms with Crippen LogP contribution in [-0.4, -0.2) is 37.8 Å². The van der Waals surface area contributed by atoms with Crippen molar-refractivity contribution in [1.82, 2.24) is 9.62 Å². The highest BCUT2D eigenvalue weighted by Crippen LogP contribution is 2.26. The fourth-order valence-corrected chi connectivity index (χ4v) is 5.70. The maximum absolute atomic E-state index is 13.0. The first-order valence-corrected chi connectivity index (χ1v) is 10.8. The molecule has 25 heavy (non-hydrogen) atoms. The molecule has 1 atom stereocenters. The first-order valence-electron chi connectivity index (χ1n) is 9.34. The van der Waals surface area contributed by atoms with E-state index in [0.717, 1.165) is 44.1 Å². The minimum atomic E-state index is -3.50. The molecule has 1 amide bonds. The van der Waals surface area contributed by atoms with Crippen LogP contribution in [-0.2, 0) is 14.8 Å². The maximum atomic E-state index is 13.0. The Kier molecular flexibility index (Phi) is 5.79. The molecule has 1 saturated heterocycles. The smallest absolute Gasteiger partial charge is 0.243 e. The third kappa shape index (κ3) is 4.23. The Morgan fingerprint density at radius 3 is 2.52 bits per heavy atom. The summed E-state index contributed by atoms with van der Waals surface area (Å²) in [6.07, 6.45) is 7.01. The molecule has 1 aliphatic heterocycles. The Balaban J connectivity index is 1.66. The van der Waals surface area contributed by atoms with E-state index in [4.69, 9.17) is 0 Å². The Hall–Kier alpha value is -1.40. The lowest BCUT2D eigenvalue weighted by Gasteiger charge is -2.33. The van der Waals surface area contributed by atoms with Crippen molar-refractivity contribution in [3.8, 4) is 0 Å². The van der Waals surface area contributed by atoms with Gasteiger partial charge in [-0.1, -0.05) is 37.5 Å². The topological polar surface area (TPSA) is 66.5 Å². The lowest BCUT2D eigenvalue weighted by molar-refractivity contribution is -0.126. The van der Waals surface area contributed by atoms with Crippen LogP contribution in [0.5, 0.6) is 0 Å². The van der Waals surface area contributed by atoms with E-state index in [0.29, 0.717) is 18.0 Å². The van der Waals surface area contributed by atoms with Gasteiger partial charge < -0.3 is 5.32 Å². The lowest BCUT2D eigenvalue weighted by atomic mass is 9.88. The van der Waals surface area contributed by atoms with Crippen molar-refractivity contribution in [2.24, 2.45) is 5.92 Å². The zero-order valence-electron chi connectivity index (χ0n) is 14.9. The van der Waals surface area contributed by atoms with Crippen molar-refractivity contribution >= 4 is 15.9 Å². The molecule has 0 unspecified atom stereocenters. The third-order valence-electron chi connectivity index (χ3n) is 5.42. The first-order chi connectivity index (χ1) is 12.0. The summed E-state index contributed by atoms with van der Waals surface area (Å²) in [5.41, 5.74) is 0.760. The maximum Gasteiger partial charge on any atom is 0.243 e. The summed E-state index contributed by atoms with van der Waals surface area (Å²) in [5, 5.41) is 3.11. The molecule has 2 fully saturated rings. The van der Waals surface area contributed by atoms with Crippen molar-refractivity contribution in [2.75, 3.05) is 13.1 Å². The highest BCUT2D eigenvalue weighted by Gasteiger charge is 2.32. The van der Waals surface area contributed by atoms with E-state index in [1.54, 1.807) is 12.1 Å². The van der Waals surface area contributed by atoms with Gasteiger partial charge in [-0.3, -0.25) is 4.79 Å². The summed E-state index contributed by atoms with van der Waals surface area (Å²) >= 11 is 0. The van der Waals surface area contributed by atoms with Crippen molar-refractivity contribution in [2.45, 2.75) is 62.8 Å². The fourth-order valence-electron chi connectivity index (χ4n) is 3.95. The molecule has 0 bridgehead atoms. The number of carbonyl (C=O) groups excluding carboxylic acids is 1. The predicted molar refractivity (Wildman–Crippen MR) is 97.7 cm³/mol. The van der Waals surface area contributed by atoms with Crippen LogP contribution < -0.4 is 5.32 Å². The molecule has 0 radical (unpaired) electrons. The van der Waals surface area contributed by atoms with Crippen LogP contribution in [0.2, 0.25) is 0 Å². The third-order valence-corrected chi connectivity index (χ3v) is 7.44. The van der Waals surface area contributed by atoms with Crippen molar-refractivity contribution in [1.29, 1.82) is 0 Å². The number of piperidine rings is 1. The SMILES string of the molecule is Cc1ccccc1S(=O)(=O)N1CCC[C@H](NC(=O)C2CCCCC2)C1. The second-order valence-electron chi connectivity index (χ2n) is 7.31. The number of carbonyl (C=O) groups is 1. The van der Waals surface area contributed by atoms with Crippen LogP contribution in [0.4, 0.5) is 0 Å². The predicted octanol–water partition coefficient (Wildman–Crippen LogP) is 2.84. The van der Waals surface area contributed by atoms with Crippen molar-refractivity contribution < 1.29 is 13.2 Å². The number of hydrogen-bond donors (Lipinski definition) is 1. The molecule has 2 aliphatic rings. The van der Waals surface area contributed by atoms with Gasteiger partial charge in [0.05, 0.1) is 4.90 Å². The van der Waals surface area contributed by atoms with Gasteiger partial charge in [-0.05, 0) is 44.2 Å². The Bertz CT molecular complexity index is 711. The number of nitrogens with one attached hydrogen (secondary N) is 1. The van der Waals surface area contributed by atoms with Crippen LogP contribution in [0.1, 0.15) is 50.5 Å². The number of sulfonamides is 1. The molecule has 1 saturated carbocycles. The van der Waals surface area contributed by atoms with Crippen LogP contribution in [0, 0.1) is 12.8 Å². The highest BCUT2D eigenvalue weighted by atomic mass is 32.2. The molecular formula is C19H28N2O3S. The van der Waals surface area contributed by atoms with Gasteiger partial charge in [-0.2, -0.15) is 4.31 Å². The molecule has 6 heteroatoms. The van der Waals surface area contributed by atoms with Gasteiger partial charge in [-0.15, -0.1) is 0 Å². The van der Waals surface area contributed by atoms with E-state index in [9.17, 15) is 13.2 Å². The molecule has 1 aliphatic carbocycles. The quantitative estimate of drug-likeness (QED) is 0.893. The molecule has 1 heterocycles. The molecule has 0 spiro atoms. The normalized spacial score (nSPS) is 23.3. The molecule has 1 aromatic rings. The monoisotopic (exact) mass is 364 g/mol. The molecule has 1 N–H and O–H groups in total. The van der Waals surface area contributed by atoms with Gasteiger partial charge in [0.15, 0.2) is 0 Å². The zero-order chi connectivity index (χ0) is 17.9. The van der Waals surface area contributed by atoms with Gasteiger partial charge in [0, 0.05) is 25.0 Å². The summed E-state index contributed by atoms with van der Waals surface area (Å²) in [7, 11) is -3.50. The Morgan fingerprint density at radius 2 is 1.80 bits per heavy atom. The van der Waals surface area contributed by atoms with Gasteiger partial charge in [0.25, 0.3) is 0 Å². The Labute approximate surface area is 150 Å².